The van der Waals surface area contributed by atoms with E-state index in [4.69, 9.17) is 9.47 Å². The molecule has 3 atom stereocenters. The number of hydrogen-bond donors (Lipinski definition) is 1. The van der Waals surface area contributed by atoms with Crippen LogP contribution in [0.4, 0.5) is 0 Å². The van der Waals surface area contributed by atoms with Gasteiger partial charge in [0.05, 0.1) is 30.5 Å². The highest BCUT2D eigenvalue weighted by Crippen LogP contribution is 2.33. The van der Waals surface area contributed by atoms with E-state index in [-0.39, 0.29) is 24.3 Å². The molecule has 1 aliphatic heterocycles. The van der Waals surface area contributed by atoms with Crippen molar-refractivity contribution in [3.63, 3.8) is 0 Å². The van der Waals surface area contributed by atoms with E-state index in [2.05, 4.69) is 22.5 Å². The quantitative estimate of drug-likeness (QED) is 0.680. The molecule has 0 bridgehead atoms. The van der Waals surface area contributed by atoms with E-state index in [1.807, 2.05) is 47.3 Å². The minimum Gasteiger partial charge on any atom is -0.379 e. The van der Waals surface area contributed by atoms with Gasteiger partial charge in [0.15, 0.2) is 6.23 Å². The Labute approximate surface area is 169 Å². The molecule has 6 heteroatoms. The molecule has 5 rings (SSSR count). The van der Waals surface area contributed by atoms with Gasteiger partial charge in [-0.25, -0.2) is 4.68 Å². The molecule has 1 fully saturated rings. The molecule has 2 aliphatic rings. The summed E-state index contributed by atoms with van der Waals surface area (Å²) in [6.07, 6.45) is 7.01. The molecule has 1 aliphatic carbocycles. The third-order valence-electron chi connectivity index (χ3n) is 5.78. The van der Waals surface area contributed by atoms with Crippen molar-refractivity contribution in [2.75, 3.05) is 13.7 Å². The summed E-state index contributed by atoms with van der Waals surface area (Å²) in [5.41, 5.74) is 4.32. The summed E-state index contributed by atoms with van der Waals surface area (Å²) in [6.45, 7) is 0.776. The van der Waals surface area contributed by atoms with Crippen LogP contribution in [0.2, 0.25) is 0 Å². The van der Waals surface area contributed by atoms with Crippen molar-refractivity contribution < 1.29 is 14.3 Å². The normalized spacial score (nSPS) is 23.3. The summed E-state index contributed by atoms with van der Waals surface area (Å²) in [7, 11) is 1.69. The molecule has 6 nitrogen and oxygen atoms in total. The molecule has 2 aromatic carbocycles. The molecule has 1 saturated heterocycles. The molecule has 148 valence electrons. The molecular formula is C23H23N3O3. The molecule has 0 saturated carbocycles. The van der Waals surface area contributed by atoms with Gasteiger partial charge in [0.2, 0.25) is 5.91 Å². The summed E-state index contributed by atoms with van der Waals surface area (Å²) in [5, 5.41) is 8.60. The maximum atomic E-state index is 12.6. The van der Waals surface area contributed by atoms with Crippen molar-refractivity contribution in [3.8, 4) is 0 Å². The number of rotatable bonds is 5. The Bertz CT molecular complexity index is 1080. The molecule has 1 amide bonds. The number of fused-ring (bicyclic) bond motifs is 2. The minimum atomic E-state index is -0.135. The van der Waals surface area contributed by atoms with Gasteiger partial charge in [-0.3, -0.25) is 4.79 Å². The second-order valence-electron chi connectivity index (χ2n) is 7.52. The van der Waals surface area contributed by atoms with Gasteiger partial charge in [-0.1, -0.05) is 36.4 Å². The van der Waals surface area contributed by atoms with Crippen LogP contribution in [-0.2, 0) is 20.7 Å². The van der Waals surface area contributed by atoms with Crippen LogP contribution in [0.15, 0.2) is 54.7 Å². The zero-order valence-electron chi connectivity index (χ0n) is 16.2. The summed E-state index contributed by atoms with van der Waals surface area (Å²) in [4.78, 5) is 12.6. The van der Waals surface area contributed by atoms with E-state index in [1.165, 1.54) is 5.56 Å². The number of carbonyl (C=O) groups excluding carboxylic acids is 1. The lowest BCUT2D eigenvalue weighted by Crippen LogP contribution is -2.33. The van der Waals surface area contributed by atoms with Crippen molar-refractivity contribution in [2.45, 2.75) is 31.2 Å². The number of benzene rings is 2. The molecule has 0 radical (unpaired) electrons. The molecular weight excluding hydrogens is 366 g/mol. The Balaban J connectivity index is 1.33. The van der Waals surface area contributed by atoms with Crippen LogP contribution in [0.1, 0.15) is 35.4 Å². The van der Waals surface area contributed by atoms with E-state index in [0.29, 0.717) is 0 Å². The number of methoxy groups -OCH3 is 1. The van der Waals surface area contributed by atoms with Crippen LogP contribution in [-0.4, -0.2) is 35.5 Å². The number of hydrogen-bond acceptors (Lipinski definition) is 4. The summed E-state index contributed by atoms with van der Waals surface area (Å²) in [5.74, 6) is -0.135. The minimum absolute atomic E-state index is 0.0171. The van der Waals surface area contributed by atoms with Crippen molar-refractivity contribution in [1.82, 2.24) is 15.1 Å². The van der Waals surface area contributed by atoms with Gasteiger partial charge in [0.1, 0.15) is 0 Å². The first-order chi connectivity index (χ1) is 14.2. The van der Waals surface area contributed by atoms with Crippen LogP contribution in [0.25, 0.3) is 17.0 Å². The number of nitrogens with zero attached hydrogens (tertiary/aromatic N) is 2. The van der Waals surface area contributed by atoms with Gasteiger partial charge in [-0.2, -0.15) is 5.10 Å². The average molecular weight is 389 g/mol. The first-order valence-corrected chi connectivity index (χ1v) is 9.91. The number of carbonyl (C=O) groups is 1. The Kier molecular flexibility index (Phi) is 4.66. The predicted molar refractivity (Wildman–Crippen MR) is 110 cm³/mol. The SMILES string of the molecule is CO[C@H]1Cc2ccccc2[C@@H]1NC(=O)/C=C/c1ccc2cnn(C3CCO3)c2c1. The first kappa shape index (κ1) is 18.1. The van der Waals surface area contributed by atoms with Crippen LogP contribution in [0.5, 0.6) is 0 Å². The number of nitrogens with one attached hydrogen (secondary N) is 1. The van der Waals surface area contributed by atoms with Crippen molar-refractivity contribution >= 4 is 22.9 Å². The predicted octanol–water partition coefficient (Wildman–Crippen LogP) is 3.40. The largest absolute Gasteiger partial charge is 0.379 e. The first-order valence-electron chi connectivity index (χ1n) is 9.91. The molecule has 0 spiro atoms. The summed E-state index contributed by atoms with van der Waals surface area (Å²) >= 11 is 0. The fraction of sp³-hybridized carbons (Fsp3) is 0.304. The van der Waals surface area contributed by atoms with Gasteiger partial charge in [-0.05, 0) is 28.8 Å². The maximum Gasteiger partial charge on any atom is 0.244 e. The van der Waals surface area contributed by atoms with Gasteiger partial charge in [0, 0.05) is 31.4 Å². The third-order valence-corrected chi connectivity index (χ3v) is 5.78. The molecule has 1 unspecified atom stereocenters. The second-order valence-corrected chi connectivity index (χ2v) is 7.52. The lowest BCUT2D eigenvalue weighted by atomic mass is 10.1. The van der Waals surface area contributed by atoms with Gasteiger partial charge in [-0.15, -0.1) is 0 Å². The zero-order valence-corrected chi connectivity index (χ0v) is 16.2. The fourth-order valence-electron chi connectivity index (χ4n) is 4.13. The Morgan fingerprint density at radius 3 is 2.97 bits per heavy atom. The highest BCUT2D eigenvalue weighted by molar-refractivity contribution is 5.93. The zero-order chi connectivity index (χ0) is 19.8. The van der Waals surface area contributed by atoms with E-state index in [9.17, 15) is 4.79 Å². The fourth-order valence-corrected chi connectivity index (χ4v) is 4.13. The number of aromatic nitrogens is 2. The molecule has 1 aromatic heterocycles. The topological polar surface area (TPSA) is 65.4 Å². The van der Waals surface area contributed by atoms with Crippen molar-refractivity contribution in [2.24, 2.45) is 0 Å². The van der Waals surface area contributed by atoms with E-state index < -0.39 is 0 Å². The van der Waals surface area contributed by atoms with Crippen LogP contribution in [0, 0.1) is 0 Å². The van der Waals surface area contributed by atoms with E-state index in [1.54, 1.807) is 13.2 Å². The van der Waals surface area contributed by atoms with Crippen LogP contribution in [0.3, 0.4) is 0 Å². The summed E-state index contributed by atoms with van der Waals surface area (Å²) < 4.78 is 13.1. The summed E-state index contributed by atoms with van der Waals surface area (Å²) in [6, 6.07) is 14.1. The van der Waals surface area contributed by atoms with Gasteiger partial charge < -0.3 is 14.8 Å². The standard InChI is InChI=1S/C23H23N3O3/c1-28-20-13-16-4-2-3-5-18(16)23(20)25-21(27)9-7-15-6-8-17-14-24-26(19(17)12-15)22-10-11-29-22/h2-9,12,14,20,22-23H,10-11,13H2,1H3,(H,25,27)/b9-7+/t20-,22?,23-/m0/s1. The molecule has 2 heterocycles. The van der Waals surface area contributed by atoms with E-state index in [0.717, 1.165) is 41.5 Å². The van der Waals surface area contributed by atoms with E-state index >= 15 is 0 Å². The Hall–Kier alpha value is -2.96. The number of ether oxygens (including phenoxy) is 2. The molecule has 29 heavy (non-hydrogen) atoms. The van der Waals surface area contributed by atoms with Crippen molar-refractivity contribution in [1.29, 1.82) is 0 Å². The lowest BCUT2D eigenvalue weighted by Gasteiger charge is -2.27. The smallest absolute Gasteiger partial charge is 0.244 e. The van der Waals surface area contributed by atoms with Gasteiger partial charge >= 0.3 is 0 Å². The maximum absolute atomic E-state index is 12.6. The van der Waals surface area contributed by atoms with Crippen molar-refractivity contribution in [3.05, 3.63) is 71.4 Å². The third kappa shape index (κ3) is 3.34. The Morgan fingerprint density at radius 1 is 1.31 bits per heavy atom. The monoisotopic (exact) mass is 389 g/mol. The van der Waals surface area contributed by atoms with Crippen LogP contribution >= 0.6 is 0 Å². The number of amides is 1. The Morgan fingerprint density at radius 2 is 2.17 bits per heavy atom. The van der Waals surface area contributed by atoms with Crippen LogP contribution < -0.4 is 5.32 Å². The highest BCUT2D eigenvalue weighted by atomic mass is 16.5. The van der Waals surface area contributed by atoms with Gasteiger partial charge in [0.25, 0.3) is 0 Å². The average Bonchev–Trinajstić information content (AvgIpc) is 3.27. The lowest BCUT2D eigenvalue weighted by molar-refractivity contribution is -0.118. The second kappa shape index (κ2) is 7.46. The highest BCUT2D eigenvalue weighted by Gasteiger charge is 2.33. The molecule has 1 N–H and O–H groups in total. The molecule has 3 aromatic rings.